The van der Waals surface area contributed by atoms with Gasteiger partial charge in [-0.2, -0.15) is 0 Å². The van der Waals surface area contributed by atoms with Crippen LogP contribution >= 0.6 is 15.9 Å². The molecule has 3 aromatic carbocycles. The van der Waals surface area contributed by atoms with Crippen LogP contribution in [0, 0.1) is 0 Å². The Kier molecular flexibility index (Phi) is 6.40. The first-order valence-electron chi connectivity index (χ1n) is 8.50. The zero-order valence-electron chi connectivity index (χ0n) is 15.1. The van der Waals surface area contributed by atoms with Crippen LogP contribution in [0.1, 0.15) is 26.3 Å². The van der Waals surface area contributed by atoms with Crippen molar-refractivity contribution in [2.45, 2.75) is 0 Å². The first-order chi connectivity index (χ1) is 13.6. The van der Waals surface area contributed by atoms with E-state index < -0.39 is 5.97 Å². The molecule has 0 fully saturated rings. The first-order valence-corrected chi connectivity index (χ1v) is 9.29. The predicted octanol–water partition coefficient (Wildman–Crippen LogP) is 5.57. The van der Waals surface area contributed by atoms with E-state index >= 15 is 0 Å². The molecule has 0 aliphatic carbocycles. The van der Waals surface area contributed by atoms with Crippen LogP contribution in [0.2, 0.25) is 0 Å². The van der Waals surface area contributed by atoms with Crippen molar-refractivity contribution >= 4 is 33.8 Å². The third-order valence-corrected chi connectivity index (χ3v) is 4.66. The molecule has 3 aromatic rings. The van der Waals surface area contributed by atoms with E-state index in [1.54, 1.807) is 73.8 Å². The molecule has 0 amide bonds. The van der Waals surface area contributed by atoms with E-state index in [-0.39, 0.29) is 5.78 Å². The largest absolute Gasteiger partial charge is 0.497 e. The highest BCUT2D eigenvalue weighted by Crippen LogP contribution is 2.21. The maximum absolute atomic E-state index is 12.3. The summed E-state index contributed by atoms with van der Waals surface area (Å²) in [6, 6.07) is 20.9. The highest BCUT2D eigenvalue weighted by Gasteiger charge is 2.12. The van der Waals surface area contributed by atoms with Gasteiger partial charge in [0.05, 0.1) is 12.7 Å². The summed E-state index contributed by atoms with van der Waals surface area (Å²) < 4.78 is 11.2. The number of benzene rings is 3. The molecule has 0 radical (unpaired) electrons. The highest BCUT2D eigenvalue weighted by molar-refractivity contribution is 9.10. The van der Waals surface area contributed by atoms with Crippen molar-refractivity contribution in [1.82, 2.24) is 0 Å². The molecule has 0 aliphatic heterocycles. The number of carbonyl (C=O) groups excluding carboxylic acids is 2. The zero-order valence-corrected chi connectivity index (χ0v) is 16.7. The van der Waals surface area contributed by atoms with Gasteiger partial charge < -0.3 is 9.47 Å². The molecule has 5 heteroatoms. The quantitative estimate of drug-likeness (QED) is 0.219. The normalized spacial score (nSPS) is 10.6. The molecule has 0 spiro atoms. The average Bonchev–Trinajstić information content (AvgIpc) is 2.72. The second kappa shape index (κ2) is 9.15. The van der Waals surface area contributed by atoms with Crippen molar-refractivity contribution in [3.8, 4) is 11.5 Å². The molecule has 0 aromatic heterocycles. The van der Waals surface area contributed by atoms with Gasteiger partial charge in [0.1, 0.15) is 11.5 Å². The van der Waals surface area contributed by atoms with E-state index in [1.807, 2.05) is 12.1 Å². The number of hydrogen-bond donors (Lipinski definition) is 0. The Hall–Kier alpha value is -3.18. The predicted molar refractivity (Wildman–Crippen MR) is 112 cm³/mol. The minimum absolute atomic E-state index is 0.127. The lowest BCUT2D eigenvalue weighted by atomic mass is 10.1. The number of allylic oxidation sites excluding steroid dienone is 1. The molecule has 0 aliphatic rings. The molecule has 0 N–H and O–H groups in total. The molecule has 4 nitrogen and oxygen atoms in total. The topological polar surface area (TPSA) is 52.6 Å². The molecule has 0 saturated heterocycles. The number of ether oxygens (including phenoxy) is 2. The minimum Gasteiger partial charge on any atom is -0.497 e. The Bertz CT molecular complexity index is 1020. The zero-order chi connectivity index (χ0) is 19.9. The number of rotatable bonds is 6. The van der Waals surface area contributed by atoms with Gasteiger partial charge in [-0.05, 0) is 76.1 Å². The van der Waals surface area contributed by atoms with Crippen LogP contribution in [0.4, 0.5) is 0 Å². The van der Waals surface area contributed by atoms with Gasteiger partial charge in [0, 0.05) is 10.0 Å². The molecule has 3 rings (SSSR count). The number of methoxy groups -OCH3 is 1. The maximum atomic E-state index is 12.3. The summed E-state index contributed by atoms with van der Waals surface area (Å²) in [7, 11) is 1.58. The highest BCUT2D eigenvalue weighted by atomic mass is 79.9. The molecule has 0 unspecified atom stereocenters. The van der Waals surface area contributed by atoms with Crippen LogP contribution in [0.3, 0.4) is 0 Å². The molecule has 0 heterocycles. The number of esters is 1. The Morgan fingerprint density at radius 3 is 2.36 bits per heavy atom. The third kappa shape index (κ3) is 4.96. The monoisotopic (exact) mass is 436 g/mol. The van der Waals surface area contributed by atoms with Gasteiger partial charge >= 0.3 is 5.97 Å². The van der Waals surface area contributed by atoms with Gasteiger partial charge in [0.25, 0.3) is 0 Å². The van der Waals surface area contributed by atoms with E-state index in [9.17, 15) is 9.59 Å². The van der Waals surface area contributed by atoms with Crippen LogP contribution in [-0.4, -0.2) is 18.9 Å². The van der Waals surface area contributed by atoms with E-state index in [0.29, 0.717) is 27.1 Å². The summed E-state index contributed by atoms with van der Waals surface area (Å²) >= 11 is 3.34. The number of halogens is 1. The van der Waals surface area contributed by atoms with Crippen LogP contribution in [0.5, 0.6) is 11.5 Å². The van der Waals surface area contributed by atoms with Gasteiger partial charge in [-0.25, -0.2) is 4.79 Å². The Morgan fingerprint density at radius 2 is 1.64 bits per heavy atom. The number of carbonyl (C=O) groups is 2. The smallest absolute Gasteiger partial charge is 0.344 e. The summed E-state index contributed by atoms with van der Waals surface area (Å²) in [6.07, 6.45) is 3.17. The Morgan fingerprint density at radius 1 is 0.893 bits per heavy atom. The van der Waals surface area contributed by atoms with E-state index in [2.05, 4.69) is 15.9 Å². The minimum atomic E-state index is -0.456. The number of hydrogen-bond acceptors (Lipinski definition) is 4. The third-order valence-electron chi connectivity index (χ3n) is 3.96. The standard InChI is InChI=1S/C23H17BrO4/c1-27-18-12-10-17(11-13-18)22(25)14-9-16-5-4-6-19(15-16)28-23(26)20-7-2-3-8-21(20)24/h2-15H,1H3. The lowest BCUT2D eigenvalue weighted by Crippen LogP contribution is -2.09. The summed E-state index contributed by atoms with van der Waals surface area (Å²) in [5.41, 5.74) is 1.76. The molecule has 0 bridgehead atoms. The van der Waals surface area contributed by atoms with Crippen molar-refractivity contribution in [2.75, 3.05) is 7.11 Å². The molecule has 0 saturated carbocycles. The molecule has 28 heavy (non-hydrogen) atoms. The summed E-state index contributed by atoms with van der Waals surface area (Å²) in [4.78, 5) is 24.6. The van der Waals surface area contributed by atoms with Gasteiger partial charge in [-0.3, -0.25) is 4.79 Å². The van der Waals surface area contributed by atoms with Gasteiger partial charge in [0.2, 0.25) is 0 Å². The SMILES string of the molecule is COc1ccc(C(=O)C=Cc2cccc(OC(=O)c3ccccc3Br)c2)cc1. The lowest BCUT2D eigenvalue weighted by Gasteiger charge is -2.06. The second-order valence-corrected chi connectivity index (χ2v) is 6.72. The first kappa shape index (κ1) is 19.6. The summed E-state index contributed by atoms with van der Waals surface area (Å²) in [6.45, 7) is 0. The fourth-order valence-corrected chi connectivity index (χ4v) is 2.94. The van der Waals surface area contributed by atoms with Gasteiger partial charge in [0.15, 0.2) is 5.78 Å². The van der Waals surface area contributed by atoms with E-state index in [0.717, 1.165) is 5.56 Å². The molecule has 0 atom stereocenters. The van der Waals surface area contributed by atoms with Crippen molar-refractivity contribution in [3.63, 3.8) is 0 Å². The lowest BCUT2D eigenvalue weighted by molar-refractivity contribution is 0.0733. The fraction of sp³-hybridized carbons (Fsp3) is 0.0435. The van der Waals surface area contributed by atoms with Gasteiger partial charge in [-0.15, -0.1) is 0 Å². The van der Waals surface area contributed by atoms with E-state index in [4.69, 9.17) is 9.47 Å². The molecule has 140 valence electrons. The van der Waals surface area contributed by atoms with Gasteiger partial charge in [-0.1, -0.05) is 30.3 Å². The van der Waals surface area contributed by atoms with Crippen molar-refractivity contribution in [2.24, 2.45) is 0 Å². The summed E-state index contributed by atoms with van der Waals surface area (Å²) in [5.74, 6) is 0.515. The van der Waals surface area contributed by atoms with Crippen molar-refractivity contribution < 1.29 is 19.1 Å². The molecular weight excluding hydrogens is 420 g/mol. The Labute approximate surface area is 171 Å². The second-order valence-electron chi connectivity index (χ2n) is 5.87. The van der Waals surface area contributed by atoms with Crippen LogP contribution in [-0.2, 0) is 0 Å². The van der Waals surface area contributed by atoms with Crippen molar-refractivity contribution in [1.29, 1.82) is 0 Å². The van der Waals surface area contributed by atoms with E-state index in [1.165, 1.54) is 6.08 Å². The summed E-state index contributed by atoms with van der Waals surface area (Å²) in [5, 5.41) is 0. The van der Waals surface area contributed by atoms with Crippen molar-refractivity contribution in [3.05, 3.63) is 100 Å². The maximum Gasteiger partial charge on any atom is 0.344 e. The Balaban J connectivity index is 1.70. The molecular formula is C23H17BrO4. The van der Waals surface area contributed by atoms with Crippen LogP contribution in [0.25, 0.3) is 6.08 Å². The van der Waals surface area contributed by atoms with Crippen LogP contribution < -0.4 is 9.47 Å². The fourth-order valence-electron chi connectivity index (χ4n) is 2.49. The van der Waals surface area contributed by atoms with Crippen LogP contribution in [0.15, 0.2) is 83.3 Å². The number of ketones is 1. The average molecular weight is 437 g/mol.